The van der Waals surface area contributed by atoms with E-state index in [4.69, 9.17) is 58.0 Å². The fourth-order valence-corrected chi connectivity index (χ4v) is 3.76. The van der Waals surface area contributed by atoms with Gasteiger partial charge in [-0.2, -0.15) is 0 Å². The summed E-state index contributed by atoms with van der Waals surface area (Å²) < 4.78 is 0. The summed E-state index contributed by atoms with van der Waals surface area (Å²) in [7, 11) is 0. The van der Waals surface area contributed by atoms with E-state index in [1.54, 1.807) is 24.3 Å². The Hall–Kier alpha value is -1.23. The van der Waals surface area contributed by atoms with E-state index < -0.39 is 5.78 Å². The third kappa shape index (κ3) is 3.05. The van der Waals surface area contributed by atoms with Crippen LogP contribution in [0.5, 0.6) is 0 Å². The minimum atomic E-state index is -0.507. The number of nitrogens with one attached hydrogen (secondary N) is 1. The number of fused-ring (bicyclic) bond motifs is 1. The molecule has 8 heteroatoms. The molecule has 0 amide bonds. The van der Waals surface area contributed by atoms with Crippen LogP contribution in [-0.4, -0.2) is 11.6 Å². The first-order valence-corrected chi connectivity index (χ1v) is 8.81. The number of ketones is 2. The van der Waals surface area contributed by atoms with Crippen LogP contribution in [0.4, 0.5) is 5.69 Å². The summed E-state index contributed by atoms with van der Waals surface area (Å²) in [6.45, 7) is 1.46. The first-order valence-electron chi connectivity index (χ1n) is 6.92. The van der Waals surface area contributed by atoms with Crippen molar-refractivity contribution in [1.29, 1.82) is 0 Å². The quantitative estimate of drug-likeness (QED) is 0.331. The molecule has 0 bridgehead atoms. The van der Waals surface area contributed by atoms with Gasteiger partial charge in [-0.15, -0.1) is 0 Å². The molecule has 0 radical (unpaired) electrons. The number of Topliss-reactive ketones (excluding diaryl/α,β-unsaturated/α-hetero) is 2. The summed E-state index contributed by atoms with van der Waals surface area (Å²) in [6, 6.07) is 6.74. The molecule has 0 aliphatic heterocycles. The molecule has 25 heavy (non-hydrogen) atoms. The Kier molecular flexibility index (Phi) is 5.06. The van der Waals surface area contributed by atoms with Crippen LogP contribution in [0.2, 0.25) is 20.1 Å². The molecule has 2 aromatic carbocycles. The summed E-state index contributed by atoms with van der Waals surface area (Å²) in [4.78, 5) is 24.0. The molecule has 2 aromatic rings. The fourth-order valence-electron chi connectivity index (χ4n) is 2.49. The molecule has 128 valence electrons. The van der Waals surface area contributed by atoms with Gasteiger partial charge in [-0.05, 0) is 19.1 Å². The van der Waals surface area contributed by atoms with Crippen LogP contribution in [0.15, 0.2) is 29.3 Å². The molecule has 1 N–H and O–H groups in total. The maximum atomic E-state index is 12.5. The SMILES string of the molecule is CC(=O)c1cccc(NC2=C(Cl)C(=O)c3c(Cl)c(Cl)c(Cl)c(Cl)c32)c1. The number of carbonyl (C=O) groups is 2. The Morgan fingerprint density at radius 2 is 1.52 bits per heavy atom. The van der Waals surface area contributed by atoms with E-state index >= 15 is 0 Å². The third-order valence-electron chi connectivity index (χ3n) is 3.70. The lowest BCUT2D eigenvalue weighted by Gasteiger charge is -2.14. The average Bonchev–Trinajstić information content (AvgIpc) is 2.83. The van der Waals surface area contributed by atoms with Crippen LogP contribution < -0.4 is 5.32 Å². The van der Waals surface area contributed by atoms with E-state index in [1.807, 2.05) is 0 Å². The molecule has 3 nitrogen and oxygen atoms in total. The summed E-state index contributed by atoms with van der Waals surface area (Å²) in [5, 5.41) is 3.00. The number of halogens is 5. The molecule has 0 aromatic heterocycles. The number of benzene rings is 2. The summed E-state index contributed by atoms with van der Waals surface area (Å²) >= 11 is 30.7. The fraction of sp³-hybridized carbons (Fsp3) is 0.0588. The van der Waals surface area contributed by atoms with Crippen LogP contribution in [0.3, 0.4) is 0 Å². The van der Waals surface area contributed by atoms with Crippen molar-refractivity contribution in [3.05, 3.63) is 66.1 Å². The highest BCUT2D eigenvalue weighted by molar-refractivity contribution is 6.58. The van der Waals surface area contributed by atoms with E-state index in [1.165, 1.54) is 6.92 Å². The predicted octanol–water partition coefficient (Wildman–Crippen LogP) is 6.72. The zero-order valence-corrected chi connectivity index (χ0v) is 16.3. The van der Waals surface area contributed by atoms with E-state index in [0.717, 1.165) is 0 Å². The van der Waals surface area contributed by atoms with Gasteiger partial charge in [0, 0.05) is 16.8 Å². The summed E-state index contributed by atoms with van der Waals surface area (Å²) in [5.41, 5.74) is 1.69. The molecule has 0 unspecified atom stereocenters. The Labute approximate surface area is 168 Å². The molecule has 0 heterocycles. The minimum Gasteiger partial charge on any atom is -0.354 e. The molecule has 1 aliphatic carbocycles. The molecular weight excluding hydrogens is 427 g/mol. The van der Waals surface area contributed by atoms with Crippen LogP contribution >= 0.6 is 58.0 Å². The van der Waals surface area contributed by atoms with Gasteiger partial charge in [-0.3, -0.25) is 9.59 Å². The largest absolute Gasteiger partial charge is 0.354 e. The monoisotopic (exact) mass is 433 g/mol. The zero-order chi connectivity index (χ0) is 18.5. The van der Waals surface area contributed by atoms with Crippen LogP contribution in [-0.2, 0) is 0 Å². The molecule has 0 fully saturated rings. The number of anilines is 1. The van der Waals surface area contributed by atoms with E-state index in [-0.39, 0.29) is 47.7 Å². The molecule has 3 rings (SSSR count). The Bertz CT molecular complexity index is 981. The molecule has 0 spiro atoms. The summed E-state index contributed by atoms with van der Waals surface area (Å²) in [5.74, 6) is -0.602. The van der Waals surface area contributed by atoms with Crippen molar-refractivity contribution >= 4 is 81.0 Å². The van der Waals surface area contributed by atoms with Gasteiger partial charge >= 0.3 is 0 Å². The molecule has 0 saturated heterocycles. The highest BCUT2D eigenvalue weighted by Gasteiger charge is 2.36. The van der Waals surface area contributed by atoms with Crippen molar-refractivity contribution in [3.63, 3.8) is 0 Å². The Balaban J connectivity index is 2.16. The Morgan fingerprint density at radius 3 is 2.12 bits per heavy atom. The lowest BCUT2D eigenvalue weighted by molar-refractivity contribution is 0.101. The van der Waals surface area contributed by atoms with Gasteiger partial charge in [-0.25, -0.2) is 0 Å². The Morgan fingerprint density at radius 1 is 0.920 bits per heavy atom. The van der Waals surface area contributed by atoms with Crippen LogP contribution in [0, 0.1) is 0 Å². The minimum absolute atomic E-state index is 0.00951. The second-order valence-electron chi connectivity index (χ2n) is 5.29. The highest BCUT2D eigenvalue weighted by Crippen LogP contribution is 2.49. The molecule has 0 saturated carbocycles. The van der Waals surface area contributed by atoms with Gasteiger partial charge in [0.2, 0.25) is 5.78 Å². The predicted molar refractivity (Wildman–Crippen MR) is 104 cm³/mol. The highest BCUT2D eigenvalue weighted by atomic mass is 35.5. The van der Waals surface area contributed by atoms with Gasteiger partial charge in [0.15, 0.2) is 5.78 Å². The van der Waals surface area contributed by atoms with Crippen molar-refractivity contribution in [2.24, 2.45) is 0 Å². The topological polar surface area (TPSA) is 46.2 Å². The second kappa shape index (κ2) is 6.82. The number of rotatable bonds is 3. The molecule has 1 aliphatic rings. The van der Waals surface area contributed by atoms with E-state index in [9.17, 15) is 9.59 Å². The van der Waals surface area contributed by atoms with Crippen molar-refractivity contribution < 1.29 is 9.59 Å². The molecular formula is C17H8Cl5NO2. The number of carbonyl (C=O) groups excluding carboxylic acids is 2. The van der Waals surface area contributed by atoms with Gasteiger partial charge in [0.25, 0.3) is 0 Å². The van der Waals surface area contributed by atoms with Gasteiger partial charge in [0.1, 0.15) is 5.03 Å². The lowest BCUT2D eigenvalue weighted by Crippen LogP contribution is -2.01. The van der Waals surface area contributed by atoms with E-state index in [2.05, 4.69) is 5.32 Å². The normalized spacial score (nSPS) is 13.3. The van der Waals surface area contributed by atoms with Gasteiger partial charge in [0.05, 0.1) is 31.4 Å². The number of allylic oxidation sites excluding steroid dienone is 1. The van der Waals surface area contributed by atoms with Crippen molar-refractivity contribution in [1.82, 2.24) is 0 Å². The lowest BCUT2D eigenvalue weighted by atomic mass is 10.1. The smallest absolute Gasteiger partial charge is 0.208 e. The third-order valence-corrected chi connectivity index (χ3v) is 5.86. The first-order chi connectivity index (χ1) is 11.7. The first kappa shape index (κ1) is 18.6. The standard InChI is InChI=1S/C17H8Cl5NO2/c1-6(24)7-3-2-4-8(5-7)23-16-9-10(17(25)15(16)22)12(19)14(21)13(20)11(9)18/h2-5,23H,1H3. The molecule has 0 atom stereocenters. The number of hydrogen-bond acceptors (Lipinski definition) is 3. The van der Waals surface area contributed by atoms with Gasteiger partial charge < -0.3 is 5.32 Å². The number of hydrogen-bond donors (Lipinski definition) is 1. The van der Waals surface area contributed by atoms with Crippen LogP contribution in [0.25, 0.3) is 5.70 Å². The second-order valence-corrected chi connectivity index (χ2v) is 7.18. The average molecular weight is 436 g/mol. The van der Waals surface area contributed by atoms with Crippen molar-refractivity contribution in [3.8, 4) is 0 Å². The van der Waals surface area contributed by atoms with E-state index in [0.29, 0.717) is 11.3 Å². The zero-order valence-electron chi connectivity index (χ0n) is 12.5. The van der Waals surface area contributed by atoms with Gasteiger partial charge in [-0.1, -0.05) is 70.1 Å². The van der Waals surface area contributed by atoms with Crippen molar-refractivity contribution in [2.45, 2.75) is 6.92 Å². The summed E-state index contributed by atoms with van der Waals surface area (Å²) in [6.07, 6.45) is 0. The van der Waals surface area contributed by atoms with Crippen molar-refractivity contribution in [2.75, 3.05) is 5.32 Å². The maximum Gasteiger partial charge on any atom is 0.208 e. The van der Waals surface area contributed by atoms with Crippen LogP contribution in [0.1, 0.15) is 33.2 Å². The maximum absolute atomic E-state index is 12.5.